The number of rotatable bonds is 5. The number of carbonyl (C=O) groups excluding carboxylic acids is 1. The second kappa shape index (κ2) is 8.14. The van der Waals surface area contributed by atoms with Crippen LogP contribution in [0, 0.1) is 0 Å². The van der Waals surface area contributed by atoms with Crippen molar-refractivity contribution in [1.82, 2.24) is 5.32 Å². The summed E-state index contributed by atoms with van der Waals surface area (Å²) in [7, 11) is 1.59. The van der Waals surface area contributed by atoms with E-state index in [4.69, 9.17) is 14.9 Å². The average molecular weight is 417 g/mol. The summed E-state index contributed by atoms with van der Waals surface area (Å²) in [6.45, 7) is 0. The van der Waals surface area contributed by atoms with E-state index in [0.717, 1.165) is 16.7 Å². The van der Waals surface area contributed by atoms with Crippen molar-refractivity contribution in [2.75, 3.05) is 7.11 Å². The van der Waals surface area contributed by atoms with Gasteiger partial charge in [0.15, 0.2) is 0 Å². The number of aromatic carboxylic acids is 1. The third-order valence-electron chi connectivity index (χ3n) is 5.30. The fourth-order valence-electron chi connectivity index (χ4n) is 4.02. The smallest absolute Gasteiger partial charge is 0.372 e. The molecule has 1 amide bonds. The summed E-state index contributed by atoms with van der Waals surface area (Å²) >= 11 is 0. The van der Waals surface area contributed by atoms with Crippen molar-refractivity contribution >= 4 is 35.3 Å². The van der Waals surface area contributed by atoms with Crippen LogP contribution in [-0.4, -0.2) is 30.1 Å². The molecule has 2 aromatic carbocycles. The molecule has 4 rings (SSSR count). The van der Waals surface area contributed by atoms with Crippen LogP contribution in [0.25, 0.3) is 11.0 Å². The Bertz CT molecular complexity index is 1050. The van der Waals surface area contributed by atoms with Crippen LogP contribution in [0.4, 0.5) is 0 Å². The highest BCUT2D eigenvalue weighted by Crippen LogP contribution is 2.42. The molecule has 3 atom stereocenters. The molecule has 2 heterocycles. The van der Waals surface area contributed by atoms with Crippen molar-refractivity contribution in [1.29, 1.82) is 0 Å². The van der Waals surface area contributed by atoms with Crippen LogP contribution in [0.5, 0.6) is 5.75 Å². The molecule has 0 spiro atoms. The molecule has 1 saturated heterocycles. The van der Waals surface area contributed by atoms with Gasteiger partial charge in [-0.25, -0.2) is 4.79 Å². The van der Waals surface area contributed by atoms with E-state index in [-0.39, 0.29) is 30.1 Å². The summed E-state index contributed by atoms with van der Waals surface area (Å²) in [6.07, 6.45) is 0.518. The van der Waals surface area contributed by atoms with E-state index < -0.39 is 17.9 Å². The Kier molecular flexibility index (Phi) is 5.81. The molecule has 29 heavy (non-hydrogen) atoms. The fraction of sp³-hybridized carbons (Fsp3) is 0.238. The first-order valence-electron chi connectivity index (χ1n) is 8.93. The van der Waals surface area contributed by atoms with Crippen LogP contribution in [-0.2, 0) is 4.79 Å². The predicted octanol–water partition coefficient (Wildman–Crippen LogP) is 3.23. The van der Waals surface area contributed by atoms with Gasteiger partial charge < -0.3 is 20.0 Å². The van der Waals surface area contributed by atoms with E-state index in [1.165, 1.54) is 0 Å². The molecule has 0 aliphatic carbocycles. The number of nitrogens with two attached hydrogens (primary N) is 1. The van der Waals surface area contributed by atoms with E-state index in [9.17, 15) is 14.7 Å². The number of hydrogen-bond donors (Lipinski definition) is 3. The molecular formula is C21H21ClN2O5. The van der Waals surface area contributed by atoms with Crippen molar-refractivity contribution in [3.8, 4) is 5.75 Å². The number of amides is 1. The zero-order valence-electron chi connectivity index (χ0n) is 15.6. The number of furan rings is 1. The Balaban J connectivity index is 0.00000240. The van der Waals surface area contributed by atoms with Gasteiger partial charge in [0.2, 0.25) is 11.7 Å². The Morgan fingerprint density at radius 1 is 1.17 bits per heavy atom. The molecule has 8 heteroatoms. The maximum atomic E-state index is 12.1. The lowest BCUT2D eigenvalue weighted by molar-refractivity contribution is -0.120. The molecular weight excluding hydrogens is 396 g/mol. The van der Waals surface area contributed by atoms with Crippen LogP contribution >= 0.6 is 12.4 Å². The Morgan fingerprint density at radius 3 is 2.48 bits per heavy atom. The van der Waals surface area contributed by atoms with Gasteiger partial charge in [0.05, 0.1) is 13.2 Å². The predicted molar refractivity (Wildman–Crippen MR) is 110 cm³/mol. The summed E-state index contributed by atoms with van der Waals surface area (Å²) < 4.78 is 10.8. The van der Waals surface area contributed by atoms with Gasteiger partial charge in [0.1, 0.15) is 11.3 Å². The summed E-state index contributed by atoms with van der Waals surface area (Å²) in [5.41, 5.74) is 7.62. The highest BCUT2D eigenvalue weighted by atomic mass is 35.5. The number of para-hydroxylation sites is 1. The highest BCUT2D eigenvalue weighted by Gasteiger charge is 2.41. The van der Waals surface area contributed by atoms with E-state index in [1.807, 2.05) is 36.4 Å². The fourth-order valence-corrected chi connectivity index (χ4v) is 4.02. The number of benzene rings is 2. The molecule has 0 saturated carbocycles. The molecule has 1 fully saturated rings. The minimum absolute atomic E-state index is 0. The van der Waals surface area contributed by atoms with Crippen molar-refractivity contribution in [2.24, 2.45) is 5.73 Å². The summed E-state index contributed by atoms with van der Waals surface area (Å²) in [4.78, 5) is 23.9. The number of hydrogen-bond acceptors (Lipinski definition) is 5. The van der Waals surface area contributed by atoms with Gasteiger partial charge in [0.25, 0.3) is 0 Å². The lowest BCUT2D eigenvalue weighted by atomic mass is 9.88. The van der Waals surface area contributed by atoms with Crippen molar-refractivity contribution < 1.29 is 23.8 Å². The number of methoxy groups -OCH3 is 1. The molecule has 152 valence electrons. The SMILES string of the molecule is COc1ccc([C@@H]2CC(c3c(C(=O)O)oc4ccccc34)N[C@@H]2C(N)=O)cc1.Cl. The topological polar surface area (TPSA) is 115 Å². The standard InChI is InChI=1S/C21H20N2O5.ClH/c1-27-12-8-6-11(7-9-12)14-10-15(23-18(14)20(22)24)17-13-4-2-3-5-16(13)28-19(17)21(25)26;/h2-9,14-15,18,23H,10H2,1H3,(H2,22,24)(H,25,26);1H/t14-,15?,18-;/m0./s1. The lowest BCUT2D eigenvalue weighted by Gasteiger charge is -2.16. The summed E-state index contributed by atoms with van der Waals surface area (Å²) in [6, 6.07) is 13.6. The van der Waals surface area contributed by atoms with Gasteiger partial charge in [-0.3, -0.25) is 10.1 Å². The van der Waals surface area contributed by atoms with Crippen LogP contribution in [0.3, 0.4) is 0 Å². The molecule has 4 N–H and O–H groups in total. The van der Waals surface area contributed by atoms with E-state index in [2.05, 4.69) is 5.32 Å². The van der Waals surface area contributed by atoms with Crippen LogP contribution in [0.15, 0.2) is 52.9 Å². The molecule has 3 aromatic rings. The van der Waals surface area contributed by atoms with Crippen molar-refractivity contribution in [2.45, 2.75) is 24.4 Å². The van der Waals surface area contributed by atoms with Gasteiger partial charge >= 0.3 is 5.97 Å². The Hall–Kier alpha value is -3.03. The minimum Gasteiger partial charge on any atom is -0.497 e. The summed E-state index contributed by atoms with van der Waals surface area (Å²) in [5, 5.41) is 13.6. The largest absolute Gasteiger partial charge is 0.497 e. The van der Waals surface area contributed by atoms with Crippen LogP contribution in [0.1, 0.15) is 40.1 Å². The number of ether oxygens (including phenoxy) is 1. The summed E-state index contributed by atoms with van der Waals surface area (Å²) in [5.74, 6) is -1.21. The number of fused-ring (bicyclic) bond motifs is 1. The molecule has 7 nitrogen and oxygen atoms in total. The molecule has 0 bridgehead atoms. The number of primary amides is 1. The zero-order valence-corrected chi connectivity index (χ0v) is 16.4. The van der Waals surface area contributed by atoms with Gasteiger partial charge in [-0.15, -0.1) is 12.4 Å². The maximum absolute atomic E-state index is 12.1. The number of nitrogens with one attached hydrogen (secondary N) is 1. The highest BCUT2D eigenvalue weighted by molar-refractivity contribution is 5.95. The molecule has 1 aliphatic heterocycles. The Morgan fingerprint density at radius 2 is 1.86 bits per heavy atom. The second-order valence-electron chi connectivity index (χ2n) is 6.86. The van der Waals surface area contributed by atoms with Gasteiger partial charge in [0, 0.05) is 22.9 Å². The lowest BCUT2D eigenvalue weighted by Crippen LogP contribution is -2.40. The van der Waals surface area contributed by atoms with Crippen molar-refractivity contribution in [3.63, 3.8) is 0 Å². The minimum atomic E-state index is -1.14. The van der Waals surface area contributed by atoms with Crippen LogP contribution in [0.2, 0.25) is 0 Å². The quantitative estimate of drug-likeness (QED) is 0.588. The third kappa shape index (κ3) is 3.66. The first-order chi connectivity index (χ1) is 13.5. The number of carbonyl (C=O) groups is 2. The number of carboxylic acid groups (broad SMARTS) is 1. The zero-order chi connectivity index (χ0) is 19.8. The maximum Gasteiger partial charge on any atom is 0.372 e. The second-order valence-corrected chi connectivity index (χ2v) is 6.86. The Labute approximate surface area is 173 Å². The number of halogens is 1. The van der Waals surface area contributed by atoms with E-state index in [1.54, 1.807) is 19.2 Å². The molecule has 1 aromatic heterocycles. The third-order valence-corrected chi connectivity index (χ3v) is 5.30. The van der Waals surface area contributed by atoms with Gasteiger partial charge in [-0.05, 0) is 30.2 Å². The van der Waals surface area contributed by atoms with E-state index >= 15 is 0 Å². The molecule has 1 aliphatic rings. The normalized spacial score (nSPS) is 20.9. The number of carboxylic acids is 1. The van der Waals surface area contributed by atoms with Gasteiger partial charge in [-0.2, -0.15) is 0 Å². The van der Waals surface area contributed by atoms with Gasteiger partial charge in [-0.1, -0.05) is 30.3 Å². The first kappa shape index (κ1) is 20.7. The molecule has 1 unspecified atom stereocenters. The monoisotopic (exact) mass is 416 g/mol. The first-order valence-corrected chi connectivity index (χ1v) is 8.93. The van der Waals surface area contributed by atoms with Crippen molar-refractivity contribution in [3.05, 3.63) is 65.4 Å². The molecule has 0 radical (unpaired) electrons. The van der Waals surface area contributed by atoms with E-state index in [0.29, 0.717) is 17.6 Å². The average Bonchev–Trinajstić information content (AvgIpc) is 3.30. The van der Waals surface area contributed by atoms with Crippen LogP contribution < -0.4 is 15.8 Å².